The molecule has 39 heavy (non-hydrogen) atoms. The number of ether oxygens (including phenoxy) is 1. The number of nitrogen functional groups attached to an aromatic ring is 1. The van der Waals surface area contributed by atoms with Gasteiger partial charge in [0.25, 0.3) is 0 Å². The number of aromatic nitrogens is 3. The number of carbonyl (C=O) groups is 1. The van der Waals surface area contributed by atoms with Crippen LogP contribution in [0.15, 0.2) is 78.2 Å². The van der Waals surface area contributed by atoms with Gasteiger partial charge in [0, 0.05) is 19.3 Å². The molecule has 8 nitrogen and oxygen atoms in total. The molecule has 1 fully saturated rings. The normalized spacial score (nSPS) is 15.4. The van der Waals surface area contributed by atoms with Crippen LogP contribution >= 0.6 is 0 Å². The Kier molecular flexibility index (Phi) is 8.08. The number of hydrogen-bond donors (Lipinski definition) is 1. The van der Waals surface area contributed by atoms with Gasteiger partial charge in [0.15, 0.2) is 0 Å². The predicted octanol–water partition coefficient (Wildman–Crippen LogP) is 5.57. The first kappa shape index (κ1) is 27.5. The number of nitrogens with two attached hydrogens (primary N) is 1. The molecule has 1 amide bonds. The zero-order valence-electron chi connectivity index (χ0n) is 21.3. The van der Waals surface area contributed by atoms with Gasteiger partial charge in [-0.05, 0) is 74.4 Å². The molecular formula is C28H28F3N5O3. The van der Waals surface area contributed by atoms with E-state index in [2.05, 4.69) is 11.6 Å². The third-order valence-electron chi connectivity index (χ3n) is 6.27. The summed E-state index contributed by atoms with van der Waals surface area (Å²) in [5.74, 6) is 0.821. The second-order valence-corrected chi connectivity index (χ2v) is 8.97. The number of rotatable bonds is 5. The molecule has 0 radical (unpaired) electrons. The quantitative estimate of drug-likeness (QED) is 0.264. The number of halogens is 3. The van der Waals surface area contributed by atoms with E-state index in [4.69, 9.17) is 10.5 Å². The molecule has 204 valence electrons. The maximum absolute atomic E-state index is 13.6. The lowest BCUT2D eigenvalue weighted by Gasteiger charge is -2.30. The highest BCUT2D eigenvalue weighted by molar-refractivity contribution is 5.87. The Hall–Kier alpha value is -4.54. The van der Waals surface area contributed by atoms with Crippen LogP contribution < -0.4 is 16.2 Å². The fourth-order valence-electron chi connectivity index (χ4n) is 4.58. The first-order valence-corrected chi connectivity index (χ1v) is 12.3. The van der Waals surface area contributed by atoms with E-state index in [-0.39, 0.29) is 23.3 Å². The van der Waals surface area contributed by atoms with Gasteiger partial charge in [0.05, 0.1) is 22.8 Å². The van der Waals surface area contributed by atoms with Crippen molar-refractivity contribution < 1.29 is 22.7 Å². The highest BCUT2D eigenvalue weighted by atomic mass is 19.4. The van der Waals surface area contributed by atoms with Crippen LogP contribution in [0.1, 0.15) is 31.4 Å². The van der Waals surface area contributed by atoms with Crippen LogP contribution in [0.25, 0.3) is 16.7 Å². The lowest BCUT2D eigenvalue weighted by Crippen LogP contribution is -2.39. The lowest BCUT2D eigenvalue weighted by atomic mass is 10.1. The summed E-state index contributed by atoms with van der Waals surface area (Å²) in [7, 11) is 0. The summed E-state index contributed by atoms with van der Waals surface area (Å²) in [6.07, 6.45) is 1.18. The minimum absolute atomic E-state index is 0.191. The van der Waals surface area contributed by atoms with Crippen LogP contribution in [0.3, 0.4) is 0 Å². The van der Waals surface area contributed by atoms with Crippen LogP contribution in [0.5, 0.6) is 11.5 Å². The van der Waals surface area contributed by atoms with Gasteiger partial charge in [0.2, 0.25) is 6.41 Å². The number of fused-ring (bicyclic) bond motifs is 1. The average molecular weight is 540 g/mol. The number of likely N-dealkylation sites (tertiary alicyclic amines) is 1. The molecule has 1 unspecified atom stereocenters. The maximum Gasteiger partial charge on any atom is 0.416 e. The van der Waals surface area contributed by atoms with Crippen LogP contribution in [-0.4, -0.2) is 38.5 Å². The number of alkyl halides is 3. The first-order valence-electron chi connectivity index (χ1n) is 12.3. The molecule has 4 aromatic rings. The van der Waals surface area contributed by atoms with Crippen LogP contribution in [0, 0.1) is 0 Å². The monoisotopic (exact) mass is 539 g/mol. The molecule has 0 bridgehead atoms. The van der Waals surface area contributed by atoms with E-state index in [1.807, 2.05) is 6.92 Å². The number of amides is 1. The van der Waals surface area contributed by atoms with E-state index >= 15 is 0 Å². The zero-order valence-corrected chi connectivity index (χ0v) is 21.3. The molecule has 3 heterocycles. The van der Waals surface area contributed by atoms with Crippen molar-refractivity contribution in [2.24, 2.45) is 0 Å². The molecule has 2 N–H and O–H groups in total. The number of carbonyl (C=O) groups excluding carboxylic acids is 1. The largest absolute Gasteiger partial charge is 0.457 e. The van der Waals surface area contributed by atoms with E-state index in [1.54, 1.807) is 52.1 Å². The number of nitrogens with zero attached hydrogens (tertiary/aromatic N) is 4. The minimum Gasteiger partial charge on any atom is -0.457 e. The van der Waals surface area contributed by atoms with Gasteiger partial charge in [-0.2, -0.15) is 13.2 Å². The molecule has 1 aliphatic heterocycles. The summed E-state index contributed by atoms with van der Waals surface area (Å²) < 4.78 is 47.1. The fourth-order valence-corrected chi connectivity index (χ4v) is 4.58. The van der Waals surface area contributed by atoms with Crippen molar-refractivity contribution >= 4 is 23.3 Å². The van der Waals surface area contributed by atoms with Gasteiger partial charge in [-0.15, -0.1) is 6.58 Å². The average Bonchev–Trinajstić information content (AvgIpc) is 3.22. The molecule has 0 spiro atoms. The van der Waals surface area contributed by atoms with Crippen molar-refractivity contribution in [3.63, 3.8) is 0 Å². The second kappa shape index (κ2) is 11.5. The molecule has 2 aromatic heterocycles. The Morgan fingerprint density at radius 3 is 2.28 bits per heavy atom. The molecule has 11 heteroatoms. The molecule has 1 aliphatic rings. The Balaban J connectivity index is 0.00000112. The number of imidazole rings is 1. The molecule has 0 aliphatic carbocycles. The summed E-state index contributed by atoms with van der Waals surface area (Å²) >= 11 is 0. The Bertz CT molecular complexity index is 1510. The van der Waals surface area contributed by atoms with Gasteiger partial charge in [-0.3, -0.25) is 13.9 Å². The van der Waals surface area contributed by atoms with Crippen molar-refractivity contribution in [1.29, 1.82) is 0 Å². The first-order chi connectivity index (χ1) is 18.7. The Morgan fingerprint density at radius 1 is 1.08 bits per heavy atom. The van der Waals surface area contributed by atoms with Gasteiger partial charge in [-0.25, -0.2) is 9.78 Å². The number of anilines is 1. The third kappa shape index (κ3) is 5.82. The number of benzene rings is 2. The Morgan fingerprint density at radius 2 is 1.69 bits per heavy atom. The Labute approximate surface area is 222 Å². The van der Waals surface area contributed by atoms with Crippen molar-refractivity contribution in [3.05, 3.63) is 89.5 Å². The van der Waals surface area contributed by atoms with Crippen LogP contribution in [0.2, 0.25) is 0 Å². The van der Waals surface area contributed by atoms with Crippen molar-refractivity contribution in [2.75, 3.05) is 18.8 Å². The summed E-state index contributed by atoms with van der Waals surface area (Å²) in [4.78, 5) is 30.8. The predicted molar refractivity (Wildman–Crippen MR) is 143 cm³/mol. The molecular weight excluding hydrogens is 511 g/mol. The molecule has 0 saturated carbocycles. The highest BCUT2D eigenvalue weighted by Crippen LogP contribution is 2.32. The van der Waals surface area contributed by atoms with E-state index in [1.165, 1.54) is 16.7 Å². The van der Waals surface area contributed by atoms with Gasteiger partial charge < -0.3 is 15.4 Å². The van der Waals surface area contributed by atoms with Crippen molar-refractivity contribution in [3.8, 4) is 17.2 Å². The van der Waals surface area contributed by atoms with Gasteiger partial charge in [-0.1, -0.05) is 6.08 Å². The fraction of sp³-hybridized carbons (Fsp3) is 0.250. The topological polar surface area (TPSA) is 95.4 Å². The van der Waals surface area contributed by atoms with E-state index in [0.717, 1.165) is 31.4 Å². The number of hydrogen-bond acceptors (Lipinski definition) is 5. The van der Waals surface area contributed by atoms with Crippen molar-refractivity contribution in [2.45, 2.75) is 32.0 Å². The molecule has 1 saturated heterocycles. The van der Waals surface area contributed by atoms with Crippen LogP contribution in [-0.2, 0) is 11.0 Å². The third-order valence-corrected chi connectivity index (χ3v) is 6.27. The van der Waals surface area contributed by atoms with E-state index in [0.29, 0.717) is 35.6 Å². The van der Waals surface area contributed by atoms with E-state index < -0.39 is 11.7 Å². The molecule has 5 rings (SSSR count). The molecule has 1 atom stereocenters. The van der Waals surface area contributed by atoms with Gasteiger partial charge in [0.1, 0.15) is 22.8 Å². The lowest BCUT2D eigenvalue weighted by molar-refractivity contribution is -0.137. The standard InChI is InChI=1S/C25H22F3N5O3.C3H6/c26-25(27,28)16-3-7-19(8-4-16)36-20-9-5-17(6-10-20)33-22-21(11-12-30-23(22)29)32(24(33)35)18-2-1-13-31(14-18)15-34;1-3-2/h3-12,15,18H,1-2,13-14H2,(H2,29,30);3H,1H2,2H3. The minimum atomic E-state index is -4.42. The number of allylic oxidation sites excluding steroid dienone is 1. The summed E-state index contributed by atoms with van der Waals surface area (Å²) in [5, 5.41) is 0. The summed E-state index contributed by atoms with van der Waals surface area (Å²) in [6.45, 7) is 6.32. The summed E-state index contributed by atoms with van der Waals surface area (Å²) in [5.41, 5.74) is 6.71. The highest BCUT2D eigenvalue weighted by Gasteiger charge is 2.30. The smallest absolute Gasteiger partial charge is 0.416 e. The van der Waals surface area contributed by atoms with Gasteiger partial charge >= 0.3 is 11.9 Å². The maximum atomic E-state index is 13.6. The number of piperidine rings is 1. The number of pyridine rings is 1. The zero-order chi connectivity index (χ0) is 28.2. The van der Waals surface area contributed by atoms with Crippen molar-refractivity contribution in [1.82, 2.24) is 19.0 Å². The summed E-state index contributed by atoms with van der Waals surface area (Å²) in [6, 6.07) is 12.5. The van der Waals surface area contributed by atoms with Crippen LogP contribution in [0.4, 0.5) is 19.0 Å². The SMILES string of the molecule is C=CC.Nc1nccc2c1n(-c1ccc(Oc3ccc(C(F)(F)F)cc3)cc1)c(=O)n2C1CCCN(C=O)C1. The second-order valence-electron chi connectivity index (χ2n) is 8.97. The van der Waals surface area contributed by atoms with E-state index in [9.17, 15) is 22.8 Å². The molecule has 2 aromatic carbocycles.